The van der Waals surface area contributed by atoms with Crippen molar-refractivity contribution in [3.63, 3.8) is 0 Å². The summed E-state index contributed by atoms with van der Waals surface area (Å²) in [6.45, 7) is 8.03. The SMILES string of the molecule is CC.CCOC(=O)c1ncsc1C. The number of esters is 1. The number of ether oxygens (including phenoxy) is 1. The fraction of sp³-hybridized carbons (Fsp3) is 0.556. The molecule has 0 N–H and O–H groups in total. The van der Waals surface area contributed by atoms with Crippen molar-refractivity contribution in [1.29, 1.82) is 0 Å². The second-order valence-electron chi connectivity index (χ2n) is 1.98. The van der Waals surface area contributed by atoms with Gasteiger partial charge >= 0.3 is 5.97 Å². The van der Waals surface area contributed by atoms with Crippen LogP contribution in [0.25, 0.3) is 0 Å². The van der Waals surface area contributed by atoms with Crippen LogP contribution in [0.4, 0.5) is 0 Å². The van der Waals surface area contributed by atoms with Gasteiger partial charge in [-0.2, -0.15) is 0 Å². The number of hydrogen-bond donors (Lipinski definition) is 0. The molecule has 0 unspecified atom stereocenters. The summed E-state index contributed by atoms with van der Waals surface area (Å²) in [7, 11) is 0. The summed E-state index contributed by atoms with van der Waals surface area (Å²) < 4.78 is 4.77. The van der Waals surface area contributed by atoms with Gasteiger partial charge in [-0.3, -0.25) is 0 Å². The third kappa shape index (κ3) is 3.55. The van der Waals surface area contributed by atoms with Crippen LogP contribution in [0.5, 0.6) is 0 Å². The molecule has 0 spiro atoms. The van der Waals surface area contributed by atoms with Gasteiger partial charge in [0.2, 0.25) is 0 Å². The van der Waals surface area contributed by atoms with E-state index in [2.05, 4.69) is 4.98 Å². The molecule has 3 nitrogen and oxygen atoms in total. The highest BCUT2D eigenvalue weighted by Crippen LogP contribution is 2.11. The van der Waals surface area contributed by atoms with Gasteiger partial charge in [-0.1, -0.05) is 13.8 Å². The van der Waals surface area contributed by atoms with Gasteiger partial charge in [0.1, 0.15) is 0 Å². The lowest BCUT2D eigenvalue weighted by Gasteiger charge is -1.97. The van der Waals surface area contributed by atoms with Crippen LogP contribution in [0.2, 0.25) is 0 Å². The summed E-state index contributed by atoms with van der Waals surface area (Å²) in [5, 5.41) is 0. The number of nitrogens with zero attached hydrogens (tertiary/aromatic N) is 1. The topological polar surface area (TPSA) is 39.2 Å². The summed E-state index contributed by atoms with van der Waals surface area (Å²) in [6, 6.07) is 0. The van der Waals surface area contributed by atoms with Crippen molar-refractivity contribution in [1.82, 2.24) is 4.98 Å². The number of hydrogen-bond acceptors (Lipinski definition) is 4. The summed E-state index contributed by atoms with van der Waals surface area (Å²) >= 11 is 1.45. The first-order valence-corrected chi connectivity index (χ1v) is 5.21. The molecule has 1 rings (SSSR count). The lowest BCUT2D eigenvalue weighted by molar-refractivity contribution is 0.0519. The van der Waals surface area contributed by atoms with Gasteiger partial charge in [0, 0.05) is 4.88 Å². The Morgan fingerprint density at radius 2 is 2.23 bits per heavy atom. The third-order valence-electron chi connectivity index (χ3n) is 1.21. The zero-order valence-electron chi connectivity index (χ0n) is 8.46. The molecule has 0 radical (unpaired) electrons. The highest BCUT2D eigenvalue weighted by Gasteiger charge is 2.11. The second kappa shape index (κ2) is 6.60. The van der Waals surface area contributed by atoms with Gasteiger partial charge in [-0.15, -0.1) is 11.3 Å². The molecule has 1 heterocycles. The van der Waals surface area contributed by atoms with E-state index in [-0.39, 0.29) is 5.97 Å². The van der Waals surface area contributed by atoms with E-state index in [0.717, 1.165) is 4.88 Å². The Balaban J connectivity index is 0.000000671. The van der Waals surface area contributed by atoms with E-state index in [1.165, 1.54) is 11.3 Å². The van der Waals surface area contributed by atoms with Crippen LogP contribution < -0.4 is 0 Å². The van der Waals surface area contributed by atoms with Crippen molar-refractivity contribution >= 4 is 17.3 Å². The molecule has 74 valence electrons. The van der Waals surface area contributed by atoms with Crippen molar-refractivity contribution in [2.75, 3.05) is 6.61 Å². The molecular weight excluding hydrogens is 186 g/mol. The van der Waals surface area contributed by atoms with Crippen LogP contribution in [0.15, 0.2) is 5.51 Å². The lowest BCUT2D eigenvalue weighted by Crippen LogP contribution is -2.05. The van der Waals surface area contributed by atoms with E-state index in [1.807, 2.05) is 20.8 Å². The van der Waals surface area contributed by atoms with Crippen molar-refractivity contribution in [2.45, 2.75) is 27.7 Å². The maximum Gasteiger partial charge on any atom is 0.358 e. The maximum atomic E-state index is 11.0. The highest BCUT2D eigenvalue weighted by atomic mass is 32.1. The average molecular weight is 201 g/mol. The van der Waals surface area contributed by atoms with Crippen LogP contribution in [-0.2, 0) is 4.74 Å². The summed E-state index contributed by atoms with van der Waals surface area (Å²) in [5.41, 5.74) is 2.08. The molecule has 0 aliphatic heterocycles. The molecule has 0 atom stereocenters. The molecule has 0 saturated carbocycles. The third-order valence-corrected chi connectivity index (χ3v) is 1.97. The summed E-state index contributed by atoms with van der Waals surface area (Å²) in [6.07, 6.45) is 0. The number of aromatic nitrogens is 1. The van der Waals surface area contributed by atoms with E-state index >= 15 is 0 Å². The number of aryl methyl sites for hydroxylation is 1. The Hall–Kier alpha value is -0.900. The molecular formula is C9H15NO2S. The lowest BCUT2D eigenvalue weighted by atomic mass is 10.4. The fourth-order valence-electron chi connectivity index (χ4n) is 0.701. The molecule has 0 fully saturated rings. The molecule has 4 heteroatoms. The molecule has 0 amide bonds. The quantitative estimate of drug-likeness (QED) is 0.690. The van der Waals surface area contributed by atoms with Crippen molar-refractivity contribution in [3.05, 3.63) is 16.1 Å². The predicted octanol–water partition coefficient (Wildman–Crippen LogP) is 2.65. The van der Waals surface area contributed by atoms with Crippen LogP contribution in [0.1, 0.15) is 36.1 Å². The molecule has 13 heavy (non-hydrogen) atoms. The molecule has 0 aliphatic carbocycles. The Morgan fingerprint density at radius 1 is 1.62 bits per heavy atom. The Labute approximate surface area is 82.8 Å². The summed E-state index contributed by atoms with van der Waals surface area (Å²) in [5.74, 6) is -0.328. The minimum absolute atomic E-state index is 0.328. The Kier molecular flexibility index (Phi) is 6.14. The Bertz CT molecular complexity index is 258. The van der Waals surface area contributed by atoms with E-state index < -0.39 is 0 Å². The number of carbonyl (C=O) groups excluding carboxylic acids is 1. The van der Waals surface area contributed by atoms with Crippen LogP contribution in [-0.4, -0.2) is 17.6 Å². The molecule has 0 saturated heterocycles. The molecule has 1 aromatic rings. The van der Waals surface area contributed by atoms with Crippen LogP contribution in [0, 0.1) is 6.92 Å². The van der Waals surface area contributed by atoms with Crippen molar-refractivity contribution in [2.24, 2.45) is 0 Å². The summed E-state index contributed by atoms with van der Waals surface area (Å²) in [4.78, 5) is 15.8. The zero-order valence-corrected chi connectivity index (χ0v) is 9.27. The Morgan fingerprint density at radius 3 is 2.62 bits per heavy atom. The van der Waals surface area contributed by atoms with Gasteiger partial charge in [0.25, 0.3) is 0 Å². The number of rotatable bonds is 2. The van der Waals surface area contributed by atoms with E-state index in [0.29, 0.717) is 12.3 Å². The van der Waals surface area contributed by atoms with E-state index in [9.17, 15) is 4.79 Å². The molecule has 0 aromatic carbocycles. The molecule has 0 bridgehead atoms. The van der Waals surface area contributed by atoms with Crippen LogP contribution >= 0.6 is 11.3 Å². The maximum absolute atomic E-state index is 11.0. The molecule has 0 aliphatic rings. The van der Waals surface area contributed by atoms with Crippen molar-refractivity contribution in [3.8, 4) is 0 Å². The standard InChI is InChI=1S/C7H9NO2S.C2H6/c1-3-10-7(9)6-5(2)11-4-8-6;1-2/h4H,3H2,1-2H3;1-2H3. The van der Waals surface area contributed by atoms with Gasteiger partial charge in [-0.05, 0) is 13.8 Å². The zero-order chi connectivity index (χ0) is 10.3. The first-order valence-electron chi connectivity index (χ1n) is 4.33. The number of carbonyl (C=O) groups is 1. The van der Waals surface area contributed by atoms with Crippen LogP contribution in [0.3, 0.4) is 0 Å². The first-order chi connectivity index (χ1) is 6.25. The van der Waals surface area contributed by atoms with E-state index in [4.69, 9.17) is 4.74 Å². The predicted molar refractivity (Wildman–Crippen MR) is 54.2 cm³/mol. The van der Waals surface area contributed by atoms with E-state index in [1.54, 1.807) is 12.4 Å². The largest absolute Gasteiger partial charge is 0.461 e. The second-order valence-corrected chi connectivity index (χ2v) is 3.04. The van der Waals surface area contributed by atoms with Gasteiger partial charge < -0.3 is 4.74 Å². The fourth-order valence-corrected chi connectivity index (χ4v) is 1.26. The van der Waals surface area contributed by atoms with Gasteiger partial charge in [-0.25, -0.2) is 9.78 Å². The number of thiazole rings is 1. The van der Waals surface area contributed by atoms with Gasteiger partial charge in [0.15, 0.2) is 5.69 Å². The minimum Gasteiger partial charge on any atom is -0.461 e. The smallest absolute Gasteiger partial charge is 0.358 e. The molecule has 1 aromatic heterocycles. The van der Waals surface area contributed by atoms with Gasteiger partial charge in [0.05, 0.1) is 12.1 Å². The highest BCUT2D eigenvalue weighted by molar-refractivity contribution is 7.09. The monoisotopic (exact) mass is 201 g/mol. The van der Waals surface area contributed by atoms with Crippen molar-refractivity contribution < 1.29 is 9.53 Å². The first kappa shape index (κ1) is 12.1. The minimum atomic E-state index is -0.328. The average Bonchev–Trinajstić information content (AvgIpc) is 2.55. The normalized spacial score (nSPS) is 8.62.